The third-order valence-electron chi connectivity index (χ3n) is 4.56. The fraction of sp³-hybridized carbons (Fsp3) is 0.500. The number of rotatable bonds is 3. The molecule has 0 saturated heterocycles. The van der Waals surface area contributed by atoms with Crippen LogP contribution in [0.4, 0.5) is 0 Å². The van der Waals surface area contributed by atoms with Crippen molar-refractivity contribution in [3.8, 4) is 0 Å². The maximum absolute atomic E-state index is 12.3. The smallest absolute Gasteiger partial charge is 0.162 e. The van der Waals surface area contributed by atoms with Gasteiger partial charge in [-0.3, -0.25) is 4.79 Å². The summed E-state index contributed by atoms with van der Waals surface area (Å²) in [6.07, 6.45) is 9.66. The van der Waals surface area contributed by atoms with E-state index in [0.29, 0.717) is 12.2 Å². The first-order valence-electron chi connectivity index (χ1n) is 7.55. The standard InChI is InChI=1S/C18H22O/c1-13-5-8-16(9-6-13)18(19)12-14-7-10-15-3-2-4-17(15)11-14/h7-8,10-11,13H,2-6,9,12H2,1H3. The molecule has 0 aliphatic heterocycles. The van der Waals surface area contributed by atoms with E-state index in [-0.39, 0.29) is 0 Å². The summed E-state index contributed by atoms with van der Waals surface area (Å²) < 4.78 is 0. The Hall–Kier alpha value is -1.37. The van der Waals surface area contributed by atoms with Crippen LogP contribution < -0.4 is 0 Å². The van der Waals surface area contributed by atoms with Crippen LogP contribution in [0.1, 0.15) is 49.3 Å². The quantitative estimate of drug-likeness (QED) is 0.796. The van der Waals surface area contributed by atoms with Crippen LogP contribution in [0.25, 0.3) is 0 Å². The monoisotopic (exact) mass is 254 g/mol. The second-order valence-corrected chi connectivity index (χ2v) is 6.17. The van der Waals surface area contributed by atoms with Gasteiger partial charge < -0.3 is 0 Å². The first-order valence-corrected chi connectivity index (χ1v) is 7.55. The second kappa shape index (κ2) is 5.32. The van der Waals surface area contributed by atoms with Crippen molar-refractivity contribution in [3.63, 3.8) is 0 Å². The molecule has 0 spiro atoms. The van der Waals surface area contributed by atoms with Crippen LogP contribution >= 0.6 is 0 Å². The second-order valence-electron chi connectivity index (χ2n) is 6.17. The Bertz CT molecular complexity index is 524. The molecular weight excluding hydrogens is 232 g/mol. The molecule has 1 atom stereocenters. The lowest BCUT2D eigenvalue weighted by molar-refractivity contribution is -0.115. The van der Waals surface area contributed by atoms with Crippen LogP contribution in [-0.4, -0.2) is 5.78 Å². The van der Waals surface area contributed by atoms with Gasteiger partial charge in [-0.05, 0) is 66.7 Å². The molecule has 0 fully saturated rings. The largest absolute Gasteiger partial charge is 0.294 e. The molecule has 0 amide bonds. The van der Waals surface area contributed by atoms with Crippen molar-refractivity contribution >= 4 is 5.78 Å². The fourth-order valence-electron chi connectivity index (χ4n) is 3.25. The molecule has 3 rings (SSSR count). The van der Waals surface area contributed by atoms with E-state index in [1.54, 1.807) is 0 Å². The summed E-state index contributed by atoms with van der Waals surface area (Å²) in [7, 11) is 0. The van der Waals surface area contributed by atoms with Gasteiger partial charge >= 0.3 is 0 Å². The number of ketones is 1. The van der Waals surface area contributed by atoms with Crippen LogP contribution in [0.3, 0.4) is 0 Å². The van der Waals surface area contributed by atoms with Crippen molar-refractivity contribution in [1.82, 2.24) is 0 Å². The minimum atomic E-state index is 0.338. The van der Waals surface area contributed by atoms with Gasteiger partial charge in [-0.15, -0.1) is 0 Å². The van der Waals surface area contributed by atoms with Crippen LogP contribution in [0.5, 0.6) is 0 Å². The van der Waals surface area contributed by atoms with Gasteiger partial charge in [-0.25, -0.2) is 0 Å². The van der Waals surface area contributed by atoms with Gasteiger partial charge in [0.25, 0.3) is 0 Å². The minimum absolute atomic E-state index is 0.338. The van der Waals surface area contributed by atoms with E-state index in [4.69, 9.17) is 0 Å². The topological polar surface area (TPSA) is 17.1 Å². The van der Waals surface area contributed by atoms with E-state index < -0.39 is 0 Å². The first-order chi connectivity index (χ1) is 9.22. The molecular formula is C18H22O. The molecule has 1 unspecified atom stereocenters. The lowest BCUT2D eigenvalue weighted by Crippen LogP contribution is -2.12. The summed E-state index contributed by atoms with van der Waals surface area (Å²) in [5.41, 5.74) is 5.22. The zero-order valence-corrected chi connectivity index (χ0v) is 11.7. The third-order valence-corrected chi connectivity index (χ3v) is 4.56. The average molecular weight is 254 g/mol. The Morgan fingerprint density at radius 2 is 2.05 bits per heavy atom. The number of aryl methyl sites for hydroxylation is 2. The van der Waals surface area contributed by atoms with E-state index >= 15 is 0 Å². The van der Waals surface area contributed by atoms with Crippen LogP contribution in [0, 0.1) is 5.92 Å². The molecule has 1 aromatic carbocycles. The van der Waals surface area contributed by atoms with Gasteiger partial charge in [-0.1, -0.05) is 31.2 Å². The number of hydrogen-bond acceptors (Lipinski definition) is 1. The number of Topliss-reactive ketones (excluding diaryl/α,β-unsaturated/α-hetero) is 1. The first kappa shape index (κ1) is 12.7. The van der Waals surface area contributed by atoms with E-state index in [2.05, 4.69) is 31.2 Å². The minimum Gasteiger partial charge on any atom is -0.294 e. The number of allylic oxidation sites excluding steroid dienone is 2. The van der Waals surface area contributed by atoms with Crippen LogP contribution in [0.15, 0.2) is 29.8 Å². The van der Waals surface area contributed by atoms with E-state index in [0.717, 1.165) is 24.3 Å². The summed E-state index contributed by atoms with van der Waals surface area (Å²) in [4.78, 5) is 12.3. The molecule has 2 aliphatic rings. The normalized spacial score (nSPS) is 21.9. The molecule has 1 heteroatoms. The van der Waals surface area contributed by atoms with Crippen molar-refractivity contribution < 1.29 is 4.79 Å². The highest BCUT2D eigenvalue weighted by molar-refractivity contribution is 5.96. The SMILES string of the molecule is CC1CC=C(C(=O)Cc2ccc3c(c2)CCC3)CC1. The highest BCUT2D eigenvalue weighted by Crippen LogP contribution is 2.26. The molecule has 19 heavy (non-hydrogen) atoms. The van der Waals surface area contributed by atoms with Crippen molar-refractivity contribution in [1.29, 1.82) is 0 Å². The predicted octanol–water partition coefficient (Wildman–Crippen LogP) is 4.03. The maximum atomic E-state index is 12.3. The van der Waals surface area contributed by atoms with Gasteiger partial charge in [0, 0.05) is 6.42 Å². The molecule has 0 saturated carbocycles. The summed E-state index contributed by atoms with van der Waals surface area (Å²) in [6.45, 7) is 2.26. The Balaban J connectivity index is 1.70. The van der Waals surface area contributed by atoms with Crippen molar-refractivity contribution in [2.45, 2.75) is 51.9 Å². The van der Waals surface area contributed by atoms with Crippen molar-refractivity contribution in [2.24, 2.45) is 5.92 Å². The Morgan fingerprint density at radius 3 is 2.84 bits per heavy atom. The number of hydrogen-bond donors (Lipinski definition) is 0. The zero-order chi connectivity index (χ0) is 13.2. The van der Waals surface area contributed by atoms with Gasteiger partial charge in [0.1, 0.15) is 0 Å². The van der Waals surface area contributed by atoms with Crippen LogP contribution in [-0.2, 0) is 24.1 Å². The molecule has 0 aromatic heterocycles. The van der Waals surface area contributed by atoms with Crippen molar-refractivity contribution in [3.05, 3.63) is 46.5 Å². The lowest BCUT2D eigenvalue weighted by atomic mass is 9.87. The molecule has 0 N–H and O–H groups in total. The van der Waals surface area contributed by atoms with Crippen molar-refractivity contribution in [2.75, 3.05) is 0 Å². The Labute approximate surface area is 115 Å². The number of fused-ring (bicyclic) bond motifs is 1. The van der Waals surface area contributed by atoms with E-state index in [1.165, 1.54) is 42.4 Å². The zero-order valence-electron chi connectivity index (χ0n) is 11.7. The maximum Gasteiger partial charge on any atom is 0.162 e. The van der Waals surface area contributed by atoms with Gasteiger partial charge in [0.2, 0.25) is 0 Å². The summed E-state index contributed by atoms with van der Waals surface area (Å²) >= 11 is 0. The molecule has 0 heterocycles. The summed E-state index contributed by atoms with van der Waals surface area (Å²) in [5, 5.41) is 0. The molecule has 0 radical (unpaired) electrons. The molecule has 1 nitrogen and oxygen atoms in total. The Kier molecular flexibility index (Phi) is 3.54. The number of benzene rings is 1. The molecule has 1 aromatic rings. The average Bonchev–Trinajstić information content (AvgIpc) is 2.87. The third kappa shape index (κ3) is 2.80. The van der Waals surface area contributed by atoms with E-state index in [1.807, 2.05) is 0 Å². The highest BCUT2D eigenvalue weighted by atomic mass is 16.1. The summed E-state index contributed by atoms with van der Waals surface area (Å²) in [6, 6.07) is 6.63. The Morgan fingerprint density at radius 1 is 1.21 bits per heavy atom. The van der Waals surface area contributed by atoms with Gasteiger partial charge in [-0.2, -0.15) is 0 Å². The number of carbonyl (C=O) groups excluding carboxylic acids is 1. The molecule has 2 aliphatic carbocycles. The highest BCUT2D eigenvalue weighted by Gasteiger charge is 2.17. The summed E-state index contributed by atoms with van der Waals surface area (Å²) in [5.74, 6) is 1.08. The fourth-order valence-corrected chi connectivity index (χ4v) is 3.25. The van der Waals surface area contributed by atoms with Gasteiger partial charge in [0.05, 0.1) is 0 Å². The predicted molar refractivity (Wildman–Crippen MR) is 78.3 cm³/mol. The lowest BCUT2D eigenvalue weighted by Gasteiger charge is -2.17. The molecule has 0 bridgehead atoms. The van der Waals surface area contributed by atoms with Crippen LogP contribution in [0.2, 0.25) is 0 Å². The van der Waals surface area contributed by atoms with E-state index in [9.17, 15) is 4.79 Å². The van der Waals surface area contributed by atoms with Gasteiger partial charge in [0.15, 0.2) is 5.78 Å². The molecule has 100 valence electrons. The number of carbonyl (C=O) groups is 1.